The fraction of sp³-hybridized carbons (Fsp3) is 0.562. The number of carbonyl (C=O) groups is 1. The summed E-state index contributed by atoms with van der Waals surface area (Å²) in [5.41, 5.74) is 2.42. The number of aliphatic hydroxyl groups excluding tert-OH is 1. The van der Waals surface area contributed by atoms with Crippen molar-refractivity contribution in [3.63, 3.8) is 0 Å². The first-order chi connectivity index (χ1) is 9.52. The molecule has 1 atom stereocenters. The van der Waals surface area contributed by atoms with E-state index >= 15 is 0 Å². The average molecular weight is 278 g/mol. The van der Waals surface area contributed by atoms with Gasteiger partial charge < -0.3 is 14.6 Å². The van der Waals surface area contributed by atoms with Crippen LogP contribution in [0.1, 0.15) is 42.6 Å². The molecule has 1 aromatic carbocycles. The SMILES string of the molecule is CCOC(=O)C(O)c1cc(C)cc(C)c1OCC1CC1. The largest absolute Gasteiger partial charge is 0.493 e. The first kappa shape index (κ1) is 14.9. The predicted molar refractivity (Wildman–Crippen MR) is 75.7 cm³/mol. The fourth-order valence-electron chi connectivity index (χ4n) is 2.22. The number of carbonyl (C=O) groups excluding carboxylic acids is 1. The monoisotopic (exact) mass is 278 g/mol. The van der Waals surface area contributed by atoms with Crippen LogP contribution in [0.5, 0.6) is 5.75 Å². The van der Waals surface area contributed by atoms with Crippen molar-refractivity contribution in [2.45, 2.75) is 39.7 Å². The zero-order valence-electron chi connectivity index (χ0n) is 12.3. The van der Waals surface area contributed by atoms with E-state index in [2.05, 4.69) is 0 Å². The van der Waals surface area contributed by atoms with Crippen molar-refractivity contribution >= 4 is 5.97 Å². The Hall–Kier alpha value is -1.55. The third-order valence-corrected chi connectivity index (χ3v) is 3.41. The molecule has 1 aliphatic carbocycles. The predicted octanol–water partition coefficient (Wildman–Crippen LogP) is 2.69. The van der Waals surface area contributed by atoms with Crippen LogP contribution in [0.3, 0.4) is 0 Å². The highest BCUT2D eigenvalue weighted by Crippen LogP contribution is 2.34. The summed E-state index contributed by atoms with van der Waals surface area (Å²) in [5.74, 6) is 0.597. The van der Waals surface area contributed by atoms with Crippen molar-refractivity contribution < 1.29 is 19.4 Å². The lowest BCUT2D eigenvalue weighted by Gasteiger charge is -2.18. The quantitative estimate of drug-likeness (QED) is 0.813. The van der Waals surface area contributed by atoms with Gasteiger partial charge in [-0.3, -0.25) is 0 Å². The summed E-state index contributed by atoms with van der Waals surface area (Å²) in [4.78, 5) is 11.7. The van der Waals surface area contributed by atoms with Gasteiger partial charge in [0.1, 0.15) is 5.75 Å². The zero-order chi connectivity index (χ0) is 14.7. The first-order valence-corrected chi connectivity index (χ1v) is 7.11. The highest BCUT2D eigenvalue weighted by Gasteiger charge is 2.27. The maximum atomic E-state index is 11.7. The number of aliphatic hydroxyl groups is 1. The summed E-state index contributed by atoms with van der Waals surface area (Å²) < 4.78 is 10.7. The second-order valence-electron chi connectivity index (χ2n) is 5.41. The summed E-state index contributed by atoms with van der Waals surface area (Å²) in [7, 11) is 0. The van der Waals surface area contributed by atoms with Crippen molar-refractivity contribution in [2.24, 2.45) is 5.92 Å². The molecule has 0 aromatic heterocycles. The summed E-state index contributed by atoms with van der Waals surface area (Å²) >= 11 is 0. The molecular weight excluding hydrogens is 256 g/mol. The molecule has 1 aromatic rings. The third kappa shape index (κ3) is 3.51. The minimum atomic E-state index is -1.29. The van der Waals surface area contributed by atoms with Gasteiger partial charge in [0, 0.05) is 5.56 Å². The molecule has 0 radical (unpaired) electrons. The lowest BCUT2D eigenvalue weighted by molar-refractivity contribution is -0.153. The van der Waals surface area contributed by atoms with E-state index in [0.717, 1.165) is 11.1 Å². The van der Waals surface area contributed by atoms with E-state index in [-0.39, 0.29) is 6.61 Å². The number of esters is 1. The van der Waals surface area contributed by atoms with Gasteiger partial charge in [0.15, 0.2) is 6.10 Å². The molecule has 0 saturated heterocycles. The Balaban J connectivity index is 2.25. The van der Waals surface area contributed by atoms with Crippen LogP contribution >= 0.6 is 0 Å². The van der Waals surface area contributed by atoms with Gasteiger partial charge in [0.05, 0.1) is 13.2 Å². The molecule has 0 aliphatic heterocycles. The summed E-state index contributed by atoms with van der Waals surface area (Å²) in [5, 5.41) is 10.2. The minimum Gasteiger partial charge on any atom is -0.493 e. The van der Waals surface area contributed by atoms with Gasteiger partial charge in [-0.15, -0.1) is 0 Å². The van der Waals surface area contributed by atoms with E-state index in [9.17, 15) is 9.90 Å². The maximum absolute atomic E-state index is 11.7. The molecule has 2 rings (SSSR count). The maximum Gasteiger partial charge on any atom is 0.339 e. The van der Waals surface area contributed by atoms with Crippen LogP contribution in [0.4, 0.5) is 0 Å². The molecule has 1 saturated carbocycles. The number of hydrogen-bond acceptors (Lipinski definition) is 4. The molecular formula is C16H22O4. The Morgan fingerprint density at radius 1 is 1.40 bits per heavy atom. The van der Waals surface area contributed by atoms with Crippen LogP contribution in [-0.4, -0.2) is 24.3 Å². The van der Waals surface area contributed by atoms with Crippen LogP contribution in [-0.2, 0) is 9.53 Å². The van der Waals surface area contributed by atoms with Crippen LogP contribution in [0.25, 0.3) is 0 Å². The van der Waals surface area contributed by atoms with Crippen LogP contribution in [0.15, 0.2) is 12.1 Å². The molecule has 20 heavy (non-hydrogen) atoms. The Morgan fingerprint density at radius 2 is 2.10 bits per heavy atom. The Morgan fingerprint density at radius 3 is 2.70 bits per heavy atom. The molecule has 1 fully saturated rings. The lowest BCUT2D eigenvalue weighted by atomic mass is 10.0. The number of rotatable bonds is 6. The highest BCUT2D eigenvalue weighted by atomic mass is 16.5. The molecule has 0 spiro atoms. The molecule has 0 amide bonds. The molecule has 1 N–H and O–H groups in total. The molecule has 0 bridgehead atoms. The van der Waals surface area contributed by atoms with Gasteiger partial charge >= 0.3 is 5.97 Å². The van der Waals surface area contributed by atoms with E-state index in [1.165, 1.54) is 12.8 Å². The van der Waals surface area contributed by atoms with E-state index in [1.807, 2.05) is 19.9 Å². The topological polar surface area (TPSA) is 55.8 Å². The molecule has 4 nitrogen and oxygen atoms in total. The smallest absolute Gasteiger partial charge is 0.339 e. The molecule has 0 heterocycles. The van der Waals surface area contributed by atoms with E-state index in [4.69, 9.17) is 9.47 Å². The van der Waals surface area contributed by atoms with E-state index in [0.29, 0.717) is 23.8 Å². The van der Waals surface area contributed by atoms with Crippen molar-refractivity contribution in [1.29, 1.82) is 0 Å². The second kappa shape index (κ2) is 6.27. The molecule has 110 valence electrons. The van der Waals surface area contributed by atoms with Crippen molar-refractivity contribution in [1.82, 2.24) is 0 Å². The summed E-state index contributed by atoms with van der Waals surface area (Å²) in [6, 6.07) is 3.78. The van der Waals surface area contributed by atoms with Gasteiger partial charge in [-0.25, -0.2) is 4.79 Å². The van der Waals surface area contributed by atoms with Crippen molar-refractivity contribution in [3.05, 3.63) is 28.8 Å². The Labute approximate surface area is 119 Å². The lowest BCUT2D eigenvalue weighted by Crippen LogP contribution is -2.17. The minimum absolute atomic E-state index is 0.249. The number of aryl methyl sites for hydroxylation is 2. The third-order valence-electron chi connectivity index (χ3n) is 3.41. The van der Waals surface area contributed by atoms with Gasteiger partial charge in [0.25, 0.3) is 0 Å². The Kier molecular flexibility index (Phi) is 4.65. The molecule has 4 heteroatoms. The highest BCUT2D eigenvalue weighted by molar-refractivity contribution is 5.77. The summed E-state index contributed by atoms with van der Waals surface area (Å²) in [6.45, 7) is 6.47. The number of ether oxygens (including phenoxy) is 2. The van der Waals surface area contributed by atoms with Gasteiger partial charge in [0.2, 0.25) is 0 Å². The molecule has 1 unspecified atom stereocenters. The van der Waals surface area contributed by atoms with Crippen LogP contribution in [0, 0.1) is 19.8 Å². The molecule has 1 aliphatic rings. The number of hydrogen-bond donors (Lipinski definition) is 1. The fourth-order valence-corrected chi connectivity index (χ4v) is 2.22. The standard InChI is InChI=1S/C16H22O4/c1-4-19-16(18)14(17)13-8-10(2)7-11(3)15(13)20-9-12-5-6-12/h7-8,12,14,17H,4-6,9H2,1-3H3. The van der Waals surface area contributed by atoms with E-state index in [1.54, 1.807) is 13.0 Å². The van der Waals surface area contributed by atoms with E-state index < -0.39 is 12.1 Å². The van der Waals surface area contributed by atoms with Gasteiger partial charge in [-0.05, 0) is 51.2 Å². The summed E-state index contributed by atoms with van der Waals surface area (Å²) in [6.07, 6.45) is 1.10. The second-order valence-corrected chi connectivity index (χ2v) is 5.41. The number of benzene rings is 1. The first-order valence-electron chi connectivity index (χ1n) is 7.11. The normalized spacial score (nSPS) is 15.8. The van der Waals surface area contributed by atoms with Gasteiger partial charge in [-0.2, -0.15) is 0 Å². The van der Waals surface area contributed by atoms with Crippen LogP contribution in [0.2, 0.25) is 0 Å². The van der Waals surface area contributed by atoms with Crippen molar-refractivity contribution in [2.75, 3.05) is 13.2 Å². The van der Waals surface area contributed by atoms with Crippen LogP contribution < -0.4 is 4.74 Å². The average Bonchev–Trinajstić information content (AvgIpc) is 3.20. The van der Waals surface area contributed by atoms with Crippen molar-refractivity contribution in [3.8, 4) is 5.75 Å². The zero-order valence-corrected chi connectivity index (χ0v) is 12.3. The van der Waals surface area contributed by atoms with Gasteiger partial charge in [-0.1, -0.05) is 11.6 Å². The Bertz CT molecular complexity index is 491.